The zero-order valence-corrected chi connectivity index (χ0v) is 11.6. The number of hydrogen-bond acceptors (Lipinski definition) is 3. The molecule has 2 aromatic rings. The minimum absolute atomic E-state index is 0.183. The molecule has 0 saturated carbocycles. The van der Waals surface area contributed by atoms with Gasteiger partial charge in [-0.05, 0) is 0 Å². The summed E-state index contributed by atoms with van der Waals surface area (Å²) in [6, 6.07) is 1.01. The number of pyridine rings is 1. The number of aryl methyl sites for hydroxylation is 1. The molecule has 0 spiro atoms. The van der Waals surface area contributed by atoms with E-state index in [-0.39, 0.29) is 5.52 Å². The van der Waals surface area contributed by atoms with E-state index >= 15 is 0 Å². The number of halogens is 3. The van der Waals surface area contributed by atoms with E-state index in [1.807, 2.05) is 0 Å². The van der Waals surface area contributed by atoms with Gasteiger partial charge in [0.15, 0.2) is 11.6 Å². The van der Waals surface area contributed by atoms with Gasteiger partial charge in [0.25, 0.3) is 0 Å². The molecule has 1 aromatic heterocycles. The first-order valence-electron chi connectivity index (χ1n) is 5.38. The Bertz CT molecular complexity index is 801. The monoisotopic (exact) mass is 305 g/mol. The van der Waals surface area contributed by atoms with Crippen molar-refractivity contribution in [2.24, 2.45) is 7.05 Å². The summed E-state index contributed by atoms with van der Waals surface area (Å²) < 4.78 is 58.5. The molecule has 0 fully saturated rings. The molecule has 0 amide bonds. The number of methoxy groups -OCH3 is 1. The number of benzene rings is 1. The molecule has 1 atom stereocenters. The first-order valence-corrected chi connectivity index (χ1v) is 6.94. The van der Waals surface area contributed by atoms with Crippen LogP contribution in [-0.2, 0) is 17.8 Å². The lowest BCUT2D eigenvalue weighted by Crippen LogP contribution is -2.20. The predicted molar refractivity (Wildman–Crippen MR) is 67.9 cm³/mol. The first kappa shape index (κ1) is 14.6. The Morgan fingerprint density at radius 3 is 2.35 bits per heavy atom. The highest BCUT2D eigenvalue weighted by atomic mass is 32.2. The van der Waals surface area contributed by atoms with Crippen LogP contribution < -0.4 is 10.2 Å². The van der Waals surface area contributed by atoms with Crippen LogP contribution in [0, 0.1) is 17.6 Å². The standard InChI is InChI=1S/C12H10F3NO3S/c1-16-5-4-6(19-2)8(13)9(14)7(5)10(17)11(12(16)15)20(3)18/h4H,1-3H3. The van der Waals surface area contributed by atoms with Gasteiger partial charge < -0.3 is 9.30 Å². The molecule has 0 aliphatic heterocycles. The molecule has 1 unspecified atom stereocenters. The zero-order valence-electron chi connectivity index (χ0n) is 10.8. The third-order valence-corrected chi connectivity index (χ3v) is 3.87. The van der Waals surface area contributed by atoms with Gasteiger partial charge in [0.2, 0.25) is 17.2 Å². The largest absolute Gasteiger partial charge is 0.493 e. The Balaban J connectivity index is 3.13. The Morgan fingerprint density at radius 2 is 1.85 bits per heavy atom. The third-order valence-electron chi connectivity index (χ3n) is 2.94. The molecule has 0 aliphatic carbocycles. The summed E-state index contributed by atoms with van der Waals surface area (Å²) in [7, 11) is 0.362. The molecule has 1 aromatic carbocycles. The van der Waals surface area contributed by atoms with Crippen LogP contribution in [0.3, 0.4) is 0 Å². The lowest BCUT2D eigenvalue weighted by molar-refractivity contribution is 0.373. The van der Waals surface area contributed by atoms with Crippen molar-refractivity contribution in [3.8, 4) is 5.75 Å². The Morgan fingerprint density at radius 1 is 1.25 bits per heavy atom. The van der Waals surface area contributed by atoms with Gasteiger partial charge in [-0.25, -0.2) is 4.39 Å². The van der Waals surface area contributed by atoms with Crippen LogP contribution >= 0.6 is 0 Å². The summed E-state index contributed by atoms with van der Waals surface area (Å²) in [5, 5.41) is -0.655. The lowest BCUT2D eigenvalue weighted by atomic mass is 10.1. The fourth-order valence-electron chi connectivity index (χ4n) is 1.93. The minimum Gasteiger partial charge on any atom is -0.493 e. The van der Waals surface area contributed by atoms with Crippen LogP contribution in [0.15, 0.2) is 15.8 Å². The van der Waals surface area contributed by atoms with E-state index in [2.05, 4.69) is 4.74 Å². The maximum Gasteiger partial charge on any atom is 0.214 e. The van der Waals surface area contributed by atoms with Crippen LogP contribution in [0.25, 0.3) is 10.9 Å². The topological polar surface area (TPSA) is 48.3 Å². The van der Waals surface area contributed by atoms with Crippen LogP contribution in [0.2, 0.25) is 0 Å². The van der Waals surface area contributed by atoms with Crippen molar-refractivity contribution in [3.05, 3.63) is 33.9 Å². The Labute approximate surface area is 114 Å². The second-order valence-corrected chi connectivity index (χ2v) is 5.38. The summed E-state index contributed by atoms with van der Waals surface area (Å²) >= 11 is 0. The van der Waals surface area contributed by atoms with Crippen molar-refractivity contribution in [2.45, 2.75) is 4.90 Å². The number of ether oxygens (including phenoxy) is 1. The molecule has 8 heteroatoms. The molecule has 0 N–H and O–H groups in total. The van der Waals surface area contributed by atoms with Crippen molar-refractivity contribution in [3.63, 3.8) is 0 Å². The molecular weight excluding hydrogens is 295 g/mol. The van der Waals surface area contributed by atoms with Crippen LogP contribution in [0.5, 0.6) is 5.75 Å². The van der Waals surface area contributed by atoms with E-state index in [1.165, 1.54) is 7.05 Å². The van der Waals surface area contributed by atoms with E-state index in [1.54, 1.807) is 0 Å². The average molecular weight is 305 g/mol. The quantitative estimate of drug-likeness (QED) is 0.794. The summed E-state index contributed by atoms with van der Waals surface area (Å²) in [5.41, 5.74) is -1.31. The number of rotatable bonds is 2. The van der Waals surface area contributed by atoms with Crippen LogP contribution in [0.4, 0.5) is 13.2 Å². The highest BCUT2D eigenvalue weighted by Gasteiger charge is 2.24. The van der Waals surface area contributed by atoms with E-state index in [0.29, 0.717) is 0 Å². The fraction of sp³-hybridized carbons (Fsp3) is 0.250. The third kappa shape index (κ3) is 1.91. The van der Waals surface area contributed by atoms with Crippen LogP contribution in [-0.4, -0.2) is 22.1 Å². The maximum absolute atomic E-state index is 14.0. The summed E-state index contributed by atoms with van der Waals surface area (Å²) in [5.74, 6) is -4.31. The van der Waals surface area contributed by atoms with E-state index in [4.69, 9.17) is 0 Å². The molecule has 1 heterocycles. The molecule has 0 saturated heterocycles. The van der Waals surface area contributed by atoms with Gasteiger partial charge in [-0.3, -0.25) is 9.00 Å². The molecule has 2 rings (SSSR count). The summed E-state index contributed by atoms with van der Waals surface area (Å²) in [6.07, 6.45) is 1.09. The van der Waals surface area contributed by atoms with E-state index in [0.717, 1.165) is 24.0 Å². The molecule has 108 valence electrons. The first-order chi connectivity index (χ1) is 9.31. The molecule has 20 heavy (non-hydrogen) atoms. The zero-order chi connectivity index (χ0) is 15.2. The van der Waals surface area contributed by atoms with Crippen LogP contribution in [0.1, 0.15) is 0 Å². The summed E-state index contributed by atoms with van der Waals surface area (Å²) in [6.45, 7) is 0. The van der Waals surface area contributed by atoms with Crippen molar-refractivity contribution in [1.29, 1.82) is 0 Å². The lowest BCUT2D eigenvalue weighted by Gasteiger charge is -2.12. The van der Waals surface area contributed by atoms with Gasteiger partial charge in [-0.1, -0.05) is 0 Å². The normalized spacial score (nSPS) is 12.7. The SMILES string of the molecule is COc1cc2c(c(F)c1F)c(=O)c(S(C)=O)c(F)n2C. The number of nitrogens with zero attached hydrogens (tertiary/aromatic N) is 1. The van der Waals surface area contributed by atoms with Gasteiger partial charge in [0.05, 0.1) is 28.8 Å². The molecule has 0 aliphatic rings. The summed E-state index contributed by atoms with van der Waals surface area (Å²) in [4.78, 5) is 11.3. The minimum atomic E-state index is -1.97. The predicted octanol–water partition coefficient (Wildman–Crippen LogP) is 1.70. The van der Waals surface area contributed by atoms with Gasteiger partial charge in [0.1, 0.15) is 4.90 Å². The van der Waals surface area contributed by atoms with Crippen molar-refractivity contribution < 1.29 is 22.1 Å². The maximum atomic E-state index is 14.0. The van der Waals surface area contributed by atoms with Gasteiger partial charge in [0, 0.05) is 19.4 Å². The second kappa shape index (κ2) is 4.93. The van der Waals surface area contributed by atoms with E-state index < -0.39 is 49.8 Å². The highest BCUT2D eigenvalue weighted by Crippen LogP contribution is 2.28. The Kier molecular flexibility index (Phi) is 3.59. The number of fused-ring (bicyclic) bond motifs is 1. The van der Waals surface area contributed by atoms with Gasteiger partial charge in [-0.15, -0.1) is 0 Å². The van der Waals surface area contributed by atoms with Crippen molar-refractivity contribution >= 4 is 21.7 Å². The Hall–Kier alpha value is -1.83. The van der Waals surface area contributed by atoms with Gasteiger partial charge in [-0.2, -0.15) is 8.78 Å². The smallest absolute Gasteiger partial charge is 0.214 e. The molecular formula is C12H10F3NO3S. The number of hydrogen-bond donors (Lipinski definition) is 0. The van der Waals surface area contributed by atoms with Crippen molar-refractivity contribution in [2.75, 3.05) is 13.4 Å². The average Bonchev–Trinajstić information content (AvgIpc) is 2.38. The molecule has 4 nitrogen and oxygen atoms in total. The second-order valence-electron chi connectivity index (χ2n) is 4.06. The van der Waals surface area contributed by atoms with Crippen molar-refractivity contribution in [1.82, 2.24) is 4.57 Å². The molecule has 0 bridgehead atoms. The fourth-order valence-corrected chi connectivity index (χ4v) is 2.67. The van der Waals surface area contributed by atoms with E-state index in [9.17, 15) is 22.2 Å². The number of aromatic nitrogens is 1. The van der Waals surface area contributed by atoms with Gasteiger partial charge >= 0.3 is 0 Å². The highest BCUT2D eigenvalue weighted by molar-refractivity contribution is 7.84. The molecule has 0 radical (unpaired) electrons.